The van der Waals surface area contributed by atoms with Crippen LogP contribution in [0, 0.1) is 0 Å². The summed E-state index contributed by atoms with van der Waals surface area (Å²) in [6.07, 6.45) is -2.38. The fourth-order valence-corrected chi connectivity index (χ4v) is 0.720. The van der Waals surface area contributed by atoms with E-state index in [2.05, 4.69) is 11.3 Å². The highest BCUT2D eigenvalue weighted by Gasteiger charge is 2.37. The first kappa shape index (κ1) is 13.0. The van der Waals surface area contributed by atoms with Crippen molar-refractivity contribution in [2.45, 2.75) is 32.4 Å². The second-order valence-electron chi connectivity index (χ2n) is 2.82. The summed E-state index contributed by atoms with van der Waals surface area (Å²) in [5, 5.41) is 0. The first-order chi connectivity index (χ1) is 6.39. The lowest BCUT2D eigenvalue weighted by Crippen LogP contribution is -2.21. The lowest BCUT2D eigenvalue weighted by molar-refractivity contribution is -0.150. The van der Waals surface area contributed by atoms with Crippen molar-refractivity contribution >= 4 is 5.97 Å². The number of esters is 1. The van der Waals surface area contributed by atoms with E-state index in [-0.39, 0.29) is 6.61 Å². The predicted molar refractivity (Wildman–Crippen MR) is 45.7 cm³/mol. The molecule has 0 atom stereocenters. The Balaban J connectivity index is 3.81. The van der Waals surface area contributed by atoms with Crippen LogP contribution in [0.3, 0.4) is 0 Å². The number of carbonyl (C=O) groups excluding carboxylic acids is 1. The molecule has 0 saturated heterocycles. The number of hydrogen-bond donors (Lipinski definition) is 0. The van der Waals surface area contributed by atoms with Gasteiger partial charge in [-0.3, -0.25) is 0 Å². The number of carbonyl (C=O) groups is 1. The molecule has 0 bridgehead atoms. The third-order valence-corrected chi connectivity index (χ3v) is 1.57. The lowest BCUT2D eigenvalue weighted by Gasteiger charge is -2.09. The van der Waals surface area contributed by atoms with Crippen molar-refractivity contribution in [3.63, 3.8) is 0 Å². The van der Waals surface area contributed by atoms with Crippen molar-refractivity contribution in [2.75, 3.05) is 6.61 Å². The molecule has 0 aliphatic rings. The number of unbranched alkanes of at least 4 members (excludes halogenated alkanes) is 2. The summed E-state index contributed by atoms with van der Waals surface area (Å²) in [6, 6.07) is 0. The van der Waals surface area contributed by atoms with Gasteiger partial charge in [0.05, 0.1) is 6.61 Å². The van der Waals surface area contributed by atoms with Crippen LogP contribution in [0.5, 0.6) is 0 Å². The largest absolute Gasteiger partial charge is 0.462 e. The maximum absolute atomic E-state index is 11.9. The van der Waals surface area contributed by atoms with Crippen molar-refractivity contribution in [3.05, 3.63) is 12.2 Å². The SMILES string of the molecule is C=C(C(=O)OCCCCC)C(F)(F)F. The van der Waals surface area contributed by atoms with Gasteiger partial charge in [-0.05, 0) is 6.42 Å². The fraction of sp³-hybridized carbons (Fsp3) is 0.667. The van der Waals surface area contributed by atoms with Crippen LogP contribution in [0.1, 0.15) is 26.2 Å². The zero-order valence-electron chi connectivity index (χ0n) is 7.99. The topological polar surface area (TPSA) is 26.3 Å². The second kappa shape index (κ2) is 5.67. The maximum atomic E-state index is 11.9. The van der Waals surface area contributed by atoms with Crippen LogP contribution in [-0.4, -0.2) is 18.8 Å². The van der Waals surface area contributed by atoms with Crippen LogP contribution in [-0.2, 0) is 9.53 Å². The van der Waals surface area contributed by atoms with Crippen molar-refractivity contribution in [1.82, 2.24) is 0 Å². The molecule has 0 heterocycles. The summed E-state index contributed by atoms with van der Waals surface area (Å²) in [5.74, 6) is -1.38. The summed E-state index contributed by atoms with van der Waals surface area (Å²) >= 11 is 0. The molecular weight excluding hydrogens is 197 g/mol. The molecule has 2 nitrogen and oxygen atoms in total. The van der Waals surface area contributed by atoms with Gasteiger partial charge in [0.25, 0.3) is 0 Å². The van der Waals surface area contributed by atoms with E-state index in [0.717, 1.165) is 12.8 Å². The van der Waals surface area contributed by atoms with Crippen molar-refractivity contribution in [3.8, 4) is 0 Å². The minimum atomic E-state index is -4.69. The molecule has 0 N–H and O–H groups in total. The quantitative estimate of drug-likeness (QED) is 0.396. The Morgan fingerprint density at radius 3 is 2.36 bits per heavy atom. The van der Waals surface area contributed by atoms with E-state index in [1.54, 1.807) is 0 Å². The van der Waals surface area contributed by atoms with Gasteiger partial charge in [0.1, 0.15) is 5.57 Å². The van der Waals surface area contributed by atoms with Gasteiger partial charge in [-0.2, -0.15) is 13.2 Å². The third kappa shape index (κ3) is 4.89. The van der Waals surface area contributed by atoms with Crippen LogP contribution < -0.4 is 0 Å². The van der Waals surface area contributed by atoms with Crippen LogP contribution >= 0.6 is 0 Å². The minimum absolute atomic E-state index is 0.0156. The van der Waals surface area contributed by atoms with Gasteiger partial charge >= 0.3 is 12.1 Å². The van der Waals surface area contributed by atoms with Crippen molar-refractivity contribution in [1.29, 1.82) is 0 Å². The Hall–Kier alpha value is -1.00. The molecule has 0 saturated carbocycles. The predicted octanol–water partition coefficient (Wildman–Crippen LogP) is 2.84. The molecule has 0 aliphatic carbocycles. The van der Waals surface area contributed by atoms with Gasteiger partial charge in [-0.15, -0.1) is 0 Å². The van der Waals surface area contributed by atoms with Crippen molar-refractivity contribution < 1.29 is 22.7 Å². The van der Waals surface area contributed by atoms with Crippen molar-refractivity contribution in [2.24, 2.45) is 0 Å². The van der Waals surface area contributed by atoms with Crippen LogP contribution in [0.25, 0.3) is 0 Å². The minimum Gasteiger partial charge on any atom is -0.462 e. The van der Waals surface area contributed by atoms with Gasteiger partial charge in [-0.1, -0.05) is 26.3 Å². The Bertz CT molecular complexity index is 209. The lowest BCUT2D eigenvalue weighted by atomic mass is 10.2. The molecular formula is C9H13F3O2. The van der Waals surface area contributed by atoms with Gasteiger partial charge in [-0.25, -0.2) is 4.79 Å². The number of halogens is 3. The summed E-state index contributed by atoms with van der Waals surface area (Å²) in [7, 11) is 0. The average Bonchev–Trinajstić information content (AvgIpc) is 2.09. The van der Waals surface area contributed by atoms with E-state index in [1.165, 1.54) is 0 Å². The van der Waals surface area contributed by atoms with E-state index in [1.807, 2.05) is 6.92 Å². The van der Waals surface area contributed by atoms with Gasteiger partial charge in [0.2, 0.25) is 0 Å². The molecule has 0 aromatic heterocycles. The monoisotopic (exact) mass is 210 g/mol. The first-order valence-electron chi connectivity index (χ1n) is 4.32. The molecule has 0 amide bonds. The van der Waals surface area contributed by atoms with E-state index in [4.69, 9.17) is 0 Å². The molecule has 0 aliphatic heterocycles. The summed E-state index contributed by atoms with van der Waals surface area (Å²) in [6.45, 7) is 4.58. The van der Waals surface area contributed by atoms with E-state index in [0.29, 0.717) is 6.42 Å². The number of hydrogen-bond acceptors (Lipinski definition) is 2. The molecule has 5 heteroatoms. The molecule has 14 heavy (non-hydrogen) atoms. The van der Waals surface area contributed by atoms with E-state index < -0.39 is 17.7 Å². The fourth-order valence-electron chi connectivity index (χ4n) is 0.720. The van der Waals surface area contributed by atoms with Gasteiger partial charge in [0, 0.05) is 0 Å². The highest BCUT2D eigenvalue weighted by atomic mass is 19.4. The standard InChI is InChI=1S/C9H13F3O2/c1-3-4-5-6-14-8(13)7(2)9(10,11)12/h2-6H2,1H3. The summed E-state index contributed by atoms with van der Waals surface area (Å²) in [5.41, 5.74) is -1.45. The number of ether oxygens (including phenoxy) is 1. The molecule has 0 radical (unpaired) electrons. The zero-order valence-corrected chi connectivity index (χ0v) is 7.99. The van der Waals surface area contributed by atoms with Crippen LogP contribution in [0.2, 0.25) is 0 Å². The van der Waals surface area contributed by atoms with Gasteiger partial charge in [0.15, 0.2) is 0 Å². The van der Waals surface area contributed by atoms with Crippen LogP contribution in [0.15, 0.2) is 12.2 Å². The Morgan fingerprint density at radius 1 is 1.36 bits per heavy atom. The smallest absolute Gasteiger partial charge is 0.422 e. The molecule has 82 valence electrons. The molecule has 0 aromatic rings. The van der Waals surface area contributed by atoms with Crippen LogP contribution in [0.4, 0.5) is 13.2 Å². The zero-order chi connectivity index (χ0) is 11.2. The molecule has 0 unspecified atom stereocenters. The Morgan fingerprint density at radius 2 is 1.93 bits per heavy atom. The molecule has 0 aromatic carbocycles. The third-order valence-electron chi connectivity index (χ3n) is 1.57. The number of alkyl halides is 3. The molecule has 0 fully saturated rings. The average molecular weight is 210 g/mol. The molecule has 0 spiro atoms. The first-order valence-corrected chi connectivity index (χ1v) is 4.32. The maximum Gasteiger partial charge on any atom is 0.422 e. The number of rotatable bonds is 5. The van der Waals surface area contributed by atoms with E-state index >= 15 is 0 Å². The van der Waals surface area contributed by atoms with E-state index in [9.17, 15) is 18.0 Å². The molecule has 0 rings (SSSR count). The van der Waals surface area contributed by atoms with Gasteiger partial charge < -0.3 is 4.74 Å². The summed E-state index contributed by atoms with van der Waals surface area (Å²) in [4.78, 5) is 10.7. The second-order valence-corrected chi connectivity index (χ2v) is 2.82. The highest BCUT2D eigenvalue weighted by molar-refractivity contribution is 5.89. The Kier molecular flexibility index (Phi) is 5.27. The Labute approximate surface area is 80.7 Å². The highest BCUT2D eigenvalue weighted by Crippen LogP contribution is 2.24. The normalized spacial score (nSPS) is 11.1. The summed E-state index contributed by atoms with van der Waals surface area (Å²) < 4.78 is 40.0.